The van der Waals surface area contributed by atoms with Crippen molar-refractivity contribution in [1.29, 1.82) is 0 Å². The van der Waals surface area contributed by atoms with Gasteiger partial charge >= 0.3 is 71.7 Å². The second-order valence-corrected chi connectivity index (χ2v) is 30.9. The van der Waals surface area contributed by atoms with E-state index in [4.69, 9.17) is 69.5 Å². The Hall–Kier alpha value is 0.187. The van der Waals surface area contributed by atoms with Crippen LogP contribution in [0.15, 0.2) is 48.6 Å². The van der Waals surface area contributed by atoms with E-state index in [1.165, 1.54) is 360 Å². The zero-order valence-corrected chi connectivity index (χ0v) is 80.7. The largest absolute Gasteiger partial charge is 2.00 e. The van der Waals surface area contributed by atoms with Crippen LogP contribution in [-0.2, 0) is 88.6 Å². The van der Waals surface area contributed by atoms with Gasteiger partial charge in [0, 0.05) is 25.7 Å². The molecule has 15 heteroatoms. The number of carbonyl (C=O) groups excluding carboxylic acids is 4. The van der Waals surface area contributed by atoms with Gasteiger partial charge in [-0.1, -0.05) is 374 Å². The van der Waals surface area contributed by atoms with E-state index in [0.29, 0.717) is 75.1 Å². The van der Waals surface area contributed by atoms with Crippen molar-refractivity contribution in [3.8, 4) is 0 Å². The Morgan fingerprint density at radius 3 is 0.431 bits per heavy atom. The van der Waals surface area contributed by atoms with Crippen molar-refractivity contribution >= 4 is 136 Å². The van der Waals surface area contributed by atoms with Crippen LogP contribution in [0.5, 0.6) is 0 Å². The van der Waals surface area contributed by atoms with E-state index < -0.39 is 0 Å². The monoisotopic (exact) mass is 1840 g/mol. The van der Waals surface area contributed by atoms with Crippen molar-refractivity contribution in [2.45, 2.75) is 479 Å². The molecule has 0 aromatic rings. The molecule has 644 valence electrons. The van der Waals surface area contributed by atoms with Crippen LogP contribution in [0.3, 0.4) is 0 Å². The molecule has 0 saturated heterocycles. The van der Waals surface area contributed by atoms with Crippen molar-refractivity contribution in [1.82, 2.24) is 0 Å². The van der Waals surface area contributed by atoms with Crippen LogP contribution in [0.25, 0.3) is 0 Å². The van der Waals surface area contributed by atoms with Crippen LogP contribution >= 0.6 is 13.5 Å². The fraction of sp³-hybridized carbons (Fsp3) is 0.872. The maximum Gasteiger partial charge on any atom is 2.00 e. The molecule has 0 rings (SSSR count). The number of esters is 4. The van der Waals surface area contributed by atoms with Gasteiger partial charge in [0.15, 0.2) is 0 Å². The molecule has 8 nitrogen and oxygen atoms in total. The minimum atomic E-state index is -0.0866. The molecule has 4 radical (unpaired) electrons. The molecule has 0 aromatic carbocycles. The standard InChI is InChI=1S/4C23H44O2S.2CH4.H2S.2Sn/c4*1-2-3-4-5-6-7-8-9-10-11-12-13-14-15-16-17-18-19-20-23(24)25-21-22-26;;;;;/h4*11-12,26H,2-10,13-22H2,1H3;2*1H4;1H2;;/q;;;;;;;2*+2/p-4/b4*12-11+;;;;;. The van der Waals surface area contributed by atoms with Gasteiger partial charge in [-0.3, -0.25) is 19.2 Å². The second-order valence-electron chi connectivity index (χ2n) is 29.3. The topological polar surface area (TPSA) is 105 Å². The summed E-state index contributed by atoms with van der Waals surface area (Å²) in [6.07, 6.45) is 105. The van der Waals surface area contributed by atoms with Crippen molar-refractivity contribution in [2.75, 3.05) is 49.4 Å². The second kappa shape index (κ2) is 124. The van der Waals surface area contributed by atoms with Gasteiger partial charge < -0.3 is 69.5 Å². The van der Waals surface area contributed by atoms with Crippen LogP contribution in [0, 0.1) is 0 Å². The quantitative estimate of drug-likeness (QED) is 0.0145. The molecule has 0 saturated carbocycles. The van der Waals surface area contributed by atoms with Gasteiger partial charge in [-0.25, -0.2) is 0 Å². The van der Waals surface area contributed by atoms with Crippen LogP contribution in [0.4, 0.5) is 0 Å². The molecular formula is C94H182O8S5Sn2. The van der Waals surface area contributed by atoms with E-state index in [-0.39, 0.29) is 100 Å². The number of rotatable bonds is 80. The summed E-state index contributed by atoms with van der Waals surface area (Å²) in [7, 11) is 0. The third-order valence-corrected chi connectivity index (χ3v) is 19.6. The Morgan fingerprint density at radius 2 is 0.312 bits per heavy atom. The summed E-state index contributed by atoms with van der Waals surface area (Å²) in [5, 5.41) is 0. The Morgan fingerprint density at radius 1 is 0.202 bits per heavy atom. The molecule has 109 heavy (non-hydrogen) atoms. The molecule has 0 aliphatic carbocycles. The first-order valence-electron chi connectivity index (χ1n) is 44.8. The summed E-state index contributed by atoms with van der Waals surface area (Å²) in [5.41, 5.74) is 0. The molecule has 0 atom stereocenters. The number of allylic oxidation sites excluding steroid dienone is 8. The Kier molecular flexibility index (Phi) is 145. The molecule has 0 fully saturated rings. The first-order valence-corrected chi connectivity index (χ1v) is 47.1. The normalized spacial score (nSPS) is 10.8. The summed E-state index contributed by atoms with van der Waals surface area (Å²) in [6, 6.07) is 0. The van der Waals surface area contributed by atoms with Crippen LogP contribution in [0.2, 0.25) is 0 Å². The minimum Gasteiger partial charge on any atom is -0.789 e. The van der Waals surface area contributed by atoms with Crippen LogP contribution in [-0.4, -0.2) is 121 Å². The Bertz CT molecular complexity index is 1530. The number of carbonyl (C=O) groups is 4. The van der Waals surface area contributed by atoms with E-state index >= 15 is 0 Å². The predicted octanol–water partition coefficient (Wildman–Crippen LogP) is 29.8. The third kappa shape index (κ3) is 132. The van der Waals surface area contributed by atoms with Crippen molar-refractivity contribution < 1.29 is 38.1 Å². The maximum atomic E-state index is 11.3. The Balaban J connectivity index is -0.000000172. The van der Waals surface area contributed by atoms with E-state index in [1.807, 2.05) is 0 Å². The van der Waals surface area contributed by atoms with E-state index in [0.717, 1.165) is 51.4 Å². The third-order valence-electron chi connectivity index (χ3n) is 19.0. The van der Waals surface area contributed by atoms with Gasteiger partial charge in [-0.05, 0) is 128 Å². The molecule has 0 unspecified atom stereocenters. The number of unbranched alkanes of at least 4 members (excludes halogenated alkanes) is 56. The van der Waals surface area contributed by atoms with Gasteiger partial charge in [-0.2, -0.15) is 13.5 Å². The molecule has 0 aliphatic rings. The summed E-state index contributed by atoms with van der Waals surface area (Å²) >= 11 is 19.0. The molecule has 0 bridgehead atoms. The number of hydrogen-bond acceptors (Lipinski definition) is 12. The molecule has 0 spiro atoms. The molecule has 0 heterocycles. The predicted molar refractivity (Wildman–Crippen MR) is 501 cm³/mol. The zero-order valence-electron chi connectivity index (χ0n) is 70.8. The summed E-state index contributed by atoms with van der Waals surface area (Å²) in [6.45, 7) is 10.7. The molecule has 0 aliphatic heterocycles. The first-order chi connectivity index (χ1) is 51.2. The maximum absolute atomic E-state index is 11.3. The van der Waals surface area contributed by atoms with Crippen molar-refractivity contribution in [2.24, 2.45) is 0 Å². The van der Waals surface area contributed by atoms with Gasteiger partial charge in [-0.15, -0.1) is 23.0 Å². The van der Waals surface area contributed by atoms with Gasteiger partial charge in [0.2, 0.25) is 0 Å². The van der Waals surface area contributed by atoms with Crippen LogP contribution < -0.4 is 0 Å². The first kappa shape index (κ1) is 127. The summed E-state index contributed by atoms with van der Waals surface area (Å²) in [4.78, 5) is 45.2. The Labute approximate surface area is 744 Å². The van der Waals surface area contributed by atoms with Crippen molar-refractivity contribution in [3.63, 3.8) is 0 Å². The van der Waals surface area contributed by atoms with E-state index in [9.17, 15) is 19.2 Å². The fourth-order valence-corrected chi connectivity index (χ4v) is 12.7. The fourth-order valence-electron chi connectivity index (χ4n) is 12.4. The average molecular weight is 1840 g/mol. The molecule has 0 aromatic heterocycles. The van der Waals surface area contributed by atoms with Crippen molar-refractivity contribution in [3.05, 3.63) is 48.6 Å². The van der Waals surface area contributed by atoms with E-state index in [2.05, 4.69) is 76.3 Å². The molecule has 0 N–H and O–H groups in total. The smallest absolute Gasteiger partial charge is 0.789 e. The minimum absolute atomic E-state index is 0. The zero-order chi connectivity index (χ0) is 76.5. The van der Waals surface area contributed by atoms with Gasteiger partial charge in [0.05, 0.1) is 26.4 Å². The molecular weight excluding hydrogens is 1650 g/mol. The SMILES string of the molecule is C.C.CCCCCCCCCC/C=C/CCCCCCCCC(=O)OCC[S-].CCCCCCCCCC/C=C/CCCCCCCCC(=O)OCC[S-].CCCCCCCCCC/C=C/CCCCCCCCC(=O)OCC[S-].CCCCCCCCCC/C=C/CCCCCCCCC(=O)OCC[S-].S.[Sn+2].[Sn+2]. The molecule has 0 amide bonds. The average Bonchev–Trinajstić information content (AvgIpc) is 2.78. The number of hydrogen-bond donors (Lipinski definition) is 0. The number of ether oxygens (including phenoxy) is 4. The van der Waals surface area contributed by atoms with Crippen LogP contribution in [0.1, 0.15) is 479 Å². The summed E-state index contributed by atoms with van der Waals surface area (Å²) < 4.78 is 19.9. The van der Waals surface area contributed by atoms with Gasteiger partial charge in [0.1, 0.15) is 0 Å². The van der Waals surface area contributed by atoms with Gasteiger partial charge in [0.25, 0.3) is 0 Å². The van der Waals surface area contributed by atoms with E-state index in [1.54, 1.807) is 0 Å². The summed E-state index contributed by atoms with van der Waals surface area (Å²) in [5.74, 6) is 1.65.